The fraction of sp³-hybridized carbons (Fsp3) is 0.538. The summed E-state index contributed by atoms with van der Waals surface area (Å²) in [6.45, 7) is 6.32. The number of hydrogen-bond acceptors (Lipinski definition) is 3. The highest BCUT2D eigenvalue weighted by molar-refractivity contribution is 5.97. The molecule has 0 fully saturated rings. The minimum atomic E-state index is -0.115. The summed E-state index contributed by atoms with van der Waals surface area (Å²) in [6.07, 6.45) is 2.56. The third kappa shape index (κ3) is 3.44. The van der Waals surface area contributed by atoms with E-state index in [1.54, 1.807) is 30.3 Å². The number of nitrogen functional groups attached to an aromatic ring is 1. The number of nitrogens with zero attached hydrogens (tertiary/aromatic N) is 2. The van der Waals surface area contributed by atoms with Crippen LogP contribution in [0, 0.1) is 5.92 Å². The van der Waals surface area contributed by atoms with Crippen LogP contribution in [0.25, 0.3) is 0 Å². The average molecular weight is 235 g/mol. The van der Waals surface area contributed by atoms with Gasteiger partial charge in [0.25, 0.3) is 5.91 Å². The first-order valence-electron chi connectivity index (χ1n) is 5.91. The summed E-state index contributed by atoms with van der Waals surface area (Å²) < 4.78 is 0. The fourth-order valence-corrected chi connectivity index (χ4v) is 1.80. The Balaban J connectivity index is 2.80. The molecular weight excluding hydrogens is 214 g/mol. The quantitative estimate of drug-likeness (QED) is 0.870. The van der Waals surface area contributed by atoms with Gasteiger partial charge in [-0.15, -0.1) is 0 Å². The molecule has 1 heterocycles. The van der Waals surface area contributed by atoms with Gasteiger partial charge in [0.2, 0.25) is 0 Å². The van der Waals surface area contributed by atoms with E-state index in [4.69, 9.17) is 5.73 Å². The molecule has 0 saturated heterocycles. The van der Waals surface area contributed by atoms with E-state index in [1.807, 2.05) is 6.92 Å². The Kier molecular flexibility index (Phi) is 4.49. The number of anilines is 1. The molecule has 1 rings (SSSR count). The van der Waals surface area contributed by atoms with Crippen LogP contribution in [0.3, 0.4) is 0 Å². The van der Waals surface area contributed by atoms with Crippen LogP contribution >= 0.6 is 0 Å². The lowest BCUT2D eigenvalue weighted by molar-refractivity contribution is 0.0723. The van der Waals surface area contributed by atoms with Crippen molar-refractivity contribution in [3.8, 4) is 0 Å². The minimum absolute atomic E-state index is 0.115. The van der Waals surface area contributed by atoms with Crippen LogP contribution < -0.4 is 5.73 Å². The second-order valence-electron chi connectivity index (χ2n) is 4.84. The number of amides is 1. The predicted octanol–water partition coefficient (Wildman–Crippen LogP) is 2.17. The van der Waals surface area contributed by atoms with Crippen LogP contribution in [0.4, 0.5) is 5.69 Å². The number of carbonyl (C=O) groups excluding carboxylic acids is 1. The number of rotatable bonds is 4. The first-order chi connectivity index (χ1) is 7.93. The molecular formula is C13H21N3O. The van der Waals surface area contributed by atoms with E-state index in [9.17, 15) is 4.79 Å². The first kappa shape index (κ1) is 13.5. The molecule has 1 aromatic rings. The minimum Gasteiger partial charge on any atom is -0.397 e. The lowest BCUT2D eigenvalue weighted by atomic mass is 10.0. The SMILES string of the molecule is CC(C)CC(C)N(C)C(=O)c1ncccc1N. The van der Waals surface area contributed by atoms with Gasteiger partial charge in [-0.2, -0.15) is 0 Å². The molecule has 1 unspecified atom stereocenters. The van der Waals surface area contributed by atoms with Crippen LogP contribution in [0.2, 0.25) is 0 Å². The van der Waals surface area contributed by atoms with E-state index in [-0.39, 0.29) is 11.9 Å². The van der Waals surface area contributed by atoms with Crippen molar-refractivity contribution in [1.82, 2.24) is 9.88 Å². The highest BCUT2D eigenvalue weighted by atomic mass is 16.2. The van der Waals surface area contributed by atoms with Gasteiger partial charge >= 0.3 is 0 Å². The van der Waals surface area contributed by atoms with E-state index >= 15 is 0 Å². The number of nitrogens with two attached hydrogens (primary N) is 1. The molecule has 4 heteroatoms. The molecule has 0 aromatic carbocycles. The lowest BCUT2D eigenvalue weighted by Gasteiger charge is -2.26. The van der Waals surface area contributed by atoms with E-state index in [0.717, 1.165) is 6.42 Å². The van der Waals surface area contributed by atoms with Gasteiger partial charge in [-0.25, -0.2) is 4.98 Å². The molecule has 1 atom stereocenters. The maximum absolute atomic E-state index is 12.2. The van der Waals surface area contributed by atoms with Crippen molar-refractivity contribution in [3.05, 3.63) is 24.0 Å². The number of aromatic nitrogens is 1. The number of pyridine rings is 1. The van der Waals surface area contributed by atoms with Crippen molar-refractivity contribution >= 4 is 11.6 Å². The molecule has 4 nitrogen and oxygen atoms in total. The molecule has 0 aliphatic rings. The fourth-order valence-electron chi connectivity index (χ4n) is 1.80. The molecule has 1 aromatic heterocycles. The van der Waals surface area contributed by atoms with Crippen molar-refractivity contribution in [3.63, 3.8) is 0 Å². The van der Waals surface area contributed by atoms with E-state index < -0.39 is 0 Å². The van der Waals surface area contributed by atoms with Crippen molar-refractivity contribution in [1.29, 1.82) is 0 Å². The van der Waals surface area contributed by atoms with E-state index in [2.05, 4.69) is 18.8 Å². The Bertz CT molecular complexity index is 390. The second-order valence-corrected chi connectivity index (χ2v) is 4.84. The van der Waals surface area contributed by atoms with Gasteiger partial charge in [0.1, 0.15) is 0 Å². The Labute approximate surface area is 103 Å². The van der Waals surface area contributed by atoms with Crippen molar-refractivity contribution in [2.45, 2.75) is 33.2 Å². The maximum atomic E-state index is 12.2. The van der Waals surface area contributed by atoms with E-state index in [0.29, 0.717) is 17.3 Å². The highest BCUT2D eigenvalue weighted by Gasteiger charge is 2.20. The zero-order valence-electron chi connectivity index (χ0n) is 11.0. The van der Waals surface area contributed by atoms with Gasteiger partial charge in [0.05, 0.1) is 5.69 Å². The molecule has 1 amide bonds. The van der Waals surface area contributed by atoms with Gasteiger partial charge in [-0.05, 0) is 31.4 Å². The summed E-state index contributed by atoms with van der Waals surface area (Å²) in [6, 6.07) is 3.61. The normalized spacial score (nSPS) is 12.5. The summed E-state index contributed by atoms with van der Waals surface area (Å²) in [5.41, 5.74) is 6.52. The molecule has 0 aliphatic heterocycles. The standard InChI is InChI=1S/C13H21N3O/c1-9(2)8-10(3)16(4)13(17)12-11(14)6-5-7-15-12/h5-7,9-10H,8,14H2,1-4H3. The number of hydrogen-bond donors (Lipinski definition) is 1. The topological polar surface area (TPSA) is 59.2 Å². The number of carbonyl (C=O) groups is 1. The van der Waals surface area contributed by atoms with Crippen molar-refractivity contribution in [2.75, 3.05) is 12.8 Å². The highest BCUT2D eigenvalue weighted by Crippen LogP contribution is 2.15. The molecule has 0 saturated carbocycles. The molecule has 0 aliphatic carbocycles. The van der Waals surface area contributed by atoms with E-state index in [1.165, 1.54) is 0 Å². The van der Waals surface area contributed by atoms with Crippen LogP contribution in [0.15, 0.2) is 18.3 Å². The molecule has 0 spiro atoms. The third-order valence-corrected chi connectivity index (χ3v) is 2.84. The first-order valence-corrected chi connectivity index (χ1v) is 5.91. The monoisotopic (exact) mass is 235 g/mol. The smallest absolute Gasteiger partial charge is 0.274 e. The van der Waals surface area contributed by atoms with Crippen molar-refractivity contribution in [2.24, 2.45) is 5.92 Å². The Morgan fingerprint density at radius 2 is 2.12 bits per heavy atom. The third-order valence-electron chi connectivity index (χ3n) is 2.84. The second kappa shape index (κ2) is 5.66. The Hall–Kier alpha value is -1.58. The van der Waals surface area contributed by atoms with Gasteiger partial charge in [0, 0.05) is 19.3 Å². The van der Waals surface area contributed by atoms with Gasteiger partial charge in [0.15, 0.2) is 5.69 Å². The van der Waals surface area contributed by atoms with Crippen molar-refractivity contribution < 1.29 is 4.79 Å². The molecule has 2 N–H and O–H groups in total. The zero-order valence-corrected chi connectivity index (χ0v) is 11.0. The maximum Gasteiger partial charge on any atom is 0.274 e. The van der Waals surface area contributed by atoms with Crippen LogP contribution in [-0.4, -0.2) is 28.9 Å². The lowest BCUT2D eigenvalue weighted by Crippen LogP contribution is -2.36. The van der Waals surface area contributed by atoms with Gasteiger partial charge in [-0.3, -0.25) is 4.79 Å². The average Bonchev–Trinajstić information content (AvgIpc) is 2.27. The molecule has 94 valence electrons. The summed E-state index contributed by atoms with van der Waals surface area (Å²) in [4.78, 5) is 17.9. The Morgan fingerprint density at radius 3 is 2.65 bits per heavy atom. The summed E-state index contributed by atoms with van der Waals surface area (Å²) in [5.74, 6) is 0.442. The summed E-state index contributed by atoms with van der Waals surface area (Å²) >= 11 is 0. The molecule has 0 radical (unpaired) electrons. The summed E-state index contributed by atoms with van der Waals surface area (Å²) in [5, 5.41) is 0. The largest absolute Gasteiger partial charge is 0.397 e. The van der Waals surface area contributed by atoms with Crippen LogP contribution in [0.5, 0.6) is 0 Å². The summed E-state index contributed by atoms with van der Waals surface area (Å²) in [7, 11) is 1.80. The van der Waals surface area contributed by atoms with Gasteiger partial charge in [-0.1, -0.05) is 13.8 Å². The zero-order chi connectivity index (χ0) is 13.0. The van der Waals surface area contributed by atoms with Gasteiger partial charge < -0.3 is 10.6 Å². The van der Waals surface area contributed by atoms with Crippen LogP contribution in [0.1, 0.15) is 37.7 Å². The Morgan fingerprint density at radius 1 is 1.47 bits per heavy atom. The molecule has 17 heavy (non-hydrogen) atoms. The molecule has 0 bridgehead atoms. The predicted molar refractivity (Wildman–Crippen MR) is 69.7 cm³/mol. The van der Waals surface area contributed by atoms with Crippen LogP contribution in [-0.2, 0) is 0 Å².